The number of fused-ring (bicyclic) bond motifs is 1. The van der Waals surface area contributed by atoms with Crippen molar-refractivity contribution in [3.8, 4) is 23.0 Å². The van der Waals surface area contributed by atoms with Gasteiger partial charge in [0.15, 0.2) is 0 Å². The molecule has 2 aliphatic rings. The summed E-state index contributed by atoms with van der Waals surface area (Å²) in [6.45, 7) is 11.2. The second-order valence-electron chi connectivity index (χ2n) is 15.2. The number of rotatable bonds is 10. The van der Waals surface area contributed by atoms with E-state index in [-0.39, 0.29) is 18.3 Å². The number of anilines is 1. The summed E-state index contributed by atoms with van der Waals surface area (Å²) in [6, 6.07) is 39.7. The lowest BCUT2D eigenvalue weighted by Crippen LogP contribution is -2.41. The monoisotopic (exact) mass is 706 g/mol. The topological polar surface area (TPSA) is 70.9 Å². The van der Waals surface area contributed by atoms with E-state index in [0.29, 0.717) is 30.9 Å². The van der Waals surface area contributed by atoms with Gasteiger partial charge in [0.05, 0.1) is 22.3 Å². The minimum atomic E-state index is -0.343. The lowest BCUT2D eigenvalue weighted by molar-refractivity contribution is 0.00578. The predicted molar refractivity (Wildman–Crippen MR) is 212 cm³/mol. The van der Waals surface area contributed by atoms with E-state index < -0.39 is 0 Å². The third-order valence-electron chi connectivity index (χ3n) is 11.2. The highest BCUT2D eigenvalue weighted by molar-refractivity contribution is 6.62. The van der Waals surface area contributed by atoms with Crippen LogP contribution in [0.15, 0.2) is 115 Å². The summed E-state index contributed by atoms with van der Waals surface area (Å²) in [6.07, 6.45) is 2.19. The van der Waals surface area contributed by atoms with Gasteiger partial charge in [-0.2, -0.15) is 10.1 Å². The van der Waals surface area contributed by atoms with Crippen LogP contribution in [-0.2, 0) is 29.6 Å². The lowest BCUT2D eigenvalue weighted by Gasteiger charge is -2.34. The zero-order valence-electron chi connectivity index (χ0n) is 31.3. The number of aromatic nitrogens is 3. The largest absolute Gasteiger partial charge is 0.494 e. The van der Waals surface area contributed by atoms with Crippen molar-refractivity contribution in [1.29, 1.82) is 0 Å². The Morgan fingerprint density at radius 1 is 0.736 bits per heavy atom. The molecule has 0 radical (unpaired) electrons. The van der Waals surface area contributed by atoms with E-state index in [1.807, 2.05) is 72.4 Å². The number of nitrogens with zero attached hydrogens (tertiary/aromatic N) is 4. The standard InChI is InChI=1S/C44H47BN4O4/c1-43(2)44(3,4)53-45(52-43)35-18-16-33(17-19-35)34-24-26-49(27-25-34)36-20-21-37-39(28-36)48(5)47-41(37)38-22-23-40(50-29-31-12-8-6-9-13-31)46-42(38)51-30-32-14-10-7-11-15-32/h6-23,28,34H,24-27,29-30H2,1-5H3. The molecule has 0 amide bonds. The Labute approximate surface area is 312 Å². The maximum absolute atomic E-state index is 6.38. The average molecular weight is 707 g/mol. The molecule has 0 atom stereocenters. The van der Waals surface area contributed by atoms with Gasteiger partial charge in [-0.15, -0.1) is 0 Å². The van der Waals surface area contributed by atoms with Crippen LogP contribution in [-0.4, -0.2) is 46.2 Å². The number of aryl methyl sites for hydroxylation is 1. The molecule has 4 heterocycles. The van der Waals surface area contributed by atoms with E-state index in [1.165, 1.54) is 11.3 Å². The van der Waals surface area contributed by atoms with Gasteiger partial charge in [-0.25, -0.2) is 0 Å². The maximum atomic E-state index is 6.38. The van der Waals surface area contributed by atoms with E-state index in [9.17, 15) is 0 Å². The van der Waals surface area contributed by atoms with Crippen molar-refractivity contribution in [2.75, 3.05) is 18.0 Å². The van der Waals surface area contributed by atoms with Gasteiger partial charge in [0.25, 0.3) is 0 Å². The Morgan fingerprint density at radius 2 is 1.36 bits per heavy atom. The molecule has 53 heavy (non-hydrogen) atoms. The number of benzene rings is 4. The molecule has 0 spiro atoms. The minimum Gasteiger partial charge on any atom is -0.473 e. The van der Waals surface area contributed by atoms with E-state index in [2.05, 4.69) is 87.2 Å². The quantitative estimate of drug-likeness (QED) is 0.132. The Morgan fingerprint density at radius 3 is 2.00 bits per heavy atom. The van der Waals surface area contributed by atoms with Gasteiger partial charge >= 0.3 is 7.12 Å². The third kappa shape index (κ3) is 7.28. The smallest absolute Gasteiger partial charge is 0.473 e. The Bertz CT molecular complexity index is 2160. The summed E-state index contributed by atoms with van der Waals surface area (Å²) in [4.78, 5) is 7.34. The van der Waals surface area contributed by atoms with Crippen molar-refractivity contribution in [3.63, 3.8) is 0 Å². The zero-order valence-corrected chi connectivity index (χ0v) is 31.3. The molecule has 0 aliphatic carbocycles. The fraction of sp³-hybridized carbons (Fsp3) is 0.318. The van der Waals surface area contributed by atoms with Crippen LogP contribution >= 0.6 is 0 Å². The van der Waals surface area contributed by atoms with Crippen molar-refractivity contribution in [2.24, 2.45) is 7.05 Å². The van der Waals surface area contributed by atoms with Crippen LogP contribution in [0.5, 0.6) is 11.8 Å². The Kier molecular flexibility index (Phi) is 9.47. The summed E-state index contributed by atoms with van der Waals surface area (Å²) in [5.74, 6) is 1.52. The van der Waals surface area contributed by atoms with Crippen LogP contribution in [0.2, 0.25) is 0 Å². The molecular formula is C44H47BN4O4. The fourth-order valence-electron chi connectivity index (χ4n) is 7.27. The van der Waals surface area contributed by atoms with Gasteiger partial charge in [-0.05, 0) is 92.9 Å². The molecule has 8 nitrogen and oxygen atoms in total. The summed E-state index contributed by atoms with van der Waals surface area (Å²) < 4.78 is 27.0. The van der Waals surface area contributed by atoms with Gasteiger partial charge in [0, 0.05) is 37.3 Å². The Balaban J connectivity index is 0.979. The second-order valence-corrected chi connectivity index (χ2v) is 15.2. The third-order valence-corrected chi connectivity index (χ3v) is 11.2. The molecule has 4 aromatic carbocycles. The molecule has 2 fully saturated rings. The highest BCUT2D eigenvalue weighted by Gasteiger charge is 2.51. The molecule has 0 bridgehead atoms. The number of piperidine rings is 1. The lowest BCUT2D eigenvalue weighted by atomic mass is 9.77. The highest BCUT2D eigenvalue weighted by atomic mass is 16.7. The summed E-state index contributed by atoms with van der Waals surface area (Å²) in [5.41, 5.74) is 7.86. The zero-order chi connectivity index (χ0) is 36.6. The first kappa shape index (κ1) is 34.9. The molecule has 2 aliphatic heterocycles. The van der Waals surface area contributed by atoms with Crippen LogP contribution < -0.4 is 19.8 Å². The van der Waals surface area contributed by atoms with E-state index in [4.69, 9.17) is 28.9 Å². The molecule has 2 saturated heterocycles. The molecule has 9 heteroatoms. The van der Waals surface area contributed by atoms with Gasteiger partial charge < -0.3 is 23.7 Å². The average Bonchev–Trinajstić information content (AvgIpc) is 3.63. The predicted octanol–water partition coefficient (Wildman–Crippen LogP) is 8.48. The summed E-state index contributed by atoms with van der Waals surface area (Å²) in [7, 11) is 1.67. The molecule has 270 valence electrons. The van der Waals surface area contributed by atoms with Gasteiger partial charge in [0.1, 0.15) is 18.9 Å². The fourth-order valence-corrected chi connectivity index (χ4v) is 7.27. The Hall–Kier alpha value is -5.12. The van der Waals surface area contributed by atoms with E-state index >= 15 is 0 Å². The van der Waals surface area contributed by atoms with E-state index in [0.717, 1.165) is 64.7 Å². The minimum absolute atomic E-state index is 0.332. The van der Waals surface area contributed by atoms with Crippen LogP contribution in [0.3, 0.4) is 0 Å². The van der Waals surface area contributed by atoms with Crippen LogP contribution in [0.25, 0.3) is 22.2 Å². The van der Waals surface area contributed by atoms with Crippen molar-refractivity contribution in [1.82, 2.24) is 14.8 Å². The number of ether oxygens (including phenoxy) is 2. The van der Waals surface area contributed by atoms with Crippen molar-refractivity contribution >= 4 is 29.2 Å². The molecular weight excluding hydrogens is 659 g/mol. The van der Waals surface area contributed by atoms with Crippen molar-refractivity contribution in [2.45, 2.75) is 70.9 Å². The highest BCUT2D eigenvalue weighted by Crippen LogP contribution is 2.39. The first-order valence-corrected chi connectivity index (χ1v) is 18.7. The van der Waals surface area contributed by atoms with E-state index in [1.54, 1.807) is 0 Å². The van der Waals surface area contributed by atoms with Crippen molar-refractivity contribution in [3.05, 3.63) is 132 Å². The molecule has 0 N–H and O–H groups in total. The molecule has 8 rings (SSSR count). The second kappa shape index (κ2) is 14.4. The van der Waals surface area contributed by atoms with Crippen LogP contribution in [0.4, 0.5) is 5.69 Å². The number of hydrogen-bond donors (Lipinski definition) is 0. The van der Waals surface area contributed by atoms with Crippen LogP contribution in [0.1, 0.15) is 63.1 Å². The normalized spacial score (nSPS) is 17.0. The summed E-state index contributed by atoms with van der Waals surface area (Å²) in [5, 5.41) is 6.06. The summed E-state index contributed by atoms with van der Waals surface area (Å²) >= 11 is 0. The van der Waals surface area contributed by atoms with Crippen molar-refractivity contribution < 1.29 is 18.8 Å². The SMILES string of the molecule is Cn1nc(-c2ccc(OCc3ccccc3)nc2OCc2ccccc2)c2ccc(N3CCC(c4ccc(B5OC(C)(C)C(C)(C)O5)cc4)CC3)cc21. The molecule has 2 aromatic heterocycles. The van der Waals surface area contributed by atoms with Gasteiger partial charge in [0.2, 0.25) is 11.8 Å². The molecule has 0 saturated carbocycles. The first-order valence-electron chi connectivity index (χ1n) is 18.7. The number of pyridine rings is 1. The molecule has 0 unspecified atom stereocenters. The van der Waals surface area contributed by atoms with Crippen LogP contribution in [0, 0.1) is 0 Å². The molecule has 6 aromatic rings. The van der Waals surface area contributed by atoms with Gasteiger partial charge in [-0.3, -0.25) is 4.68 Å². The number of hydrogen-bond acceptors (Lipinski definition) is 7. The van der Waals surface area contributed by atoms with Gasteiger partial charge in [-0.1, -0.05) is 84.9 Å². The maximum Gasteiger partial charge on any atom is 0.494 e. The first-order chi connectivity index (χ1) is 25.6.